The molecule has 14 heavy (non-hydrogen) atoms. The summed E-state index contributed by atoms with van der Waals surface area (Å²) >= 11 is 0. The van der Waals surface area contributed by atoms with E-state index in [9.17, 15) is 9.59 Å². The second-order valence-corrected chi connectivity index (χ2v) is 2.69. The van der Waals surface area contributed by atoms with Gasteiger partial charge in [0.05, 0.1) is 12.7 Å². The van der Waals surface area contributed by atoms with E-state index in [1.807, 2.05) is 13.8 Å². The zero-order chi connectivity index (χ0) is 11.1. The van der Waals surface area contributed by atoms with Gasteiger partial charge in [0, 0.05) is 0 Å². The summed E-state index contributed by atoms with van der Waals surface area (Å²) in [5, 5.41) is 3.89. The Bertz CT molecular complexity index is 316. The predicted molar refractivity (Wildman–Crippen MR) is 54.4 cm³/mol. The molecular formula is C10H16N2O2. The van der Waals surface area contributed by atoms with E-state index in [2.05, 4.69) is 5.10 Å². The molecule has 0 aliphatic rings. The fraction of sp³-hybridized carbons (Fsp3) is 0.500. The Balaban J connectivity index is 0.000000791. The molecule has 1 aromatic heterocycles. The zero-order valence-corrected chi connectivity index (χ0v) is 9.07. The first-order valence-electron chi connectivity index (χ1n) is 4.62. The van der Waals surface area contributed by atoms with Gasteiger partial charge in [-0.15, -0.1) is 0 Å². The smallest absolute Gasteiger partial charge is 0.168 e. The van der Waals surface area contributed by atoms with Crippen LogP contribution < -0.4 is 0 Å². The Kier molecular flexibility index (Phi) is 5.44. The summed E-state index contributed by atoms with van der Waals surface area (Å²) < 4.78 is 1.41. The van der Waals surface area contributed by atoms with Crippen molar-refractivity contribution >= 4 is 12.1 Å². The van der Waals surface area contributed by atoms with Crippen molar-refractivity contribution < 1.29 is 9.59 Å². The Morgan fingerprint density at radius 3 is 2.57 bits per heavy atom. The van der Waals surface area contributed by atoms with E-state index in [0.717, 1.165) is 5.56 Å². The Morgan fingerprint density at radius 2 is 2.14 bits per heavy atom. The molecule has 0 N–H and O–H groups in total. The molecule has 0 amide bonds. The first-order chi connectivity index (χ1) is 6.65. The van der Waals surface area contributed by atoms with Crippen molar-refractivity contribution in [3.8, 4) is 0 Å². The van der Waals surface area contributed by atoms with Gasteiger partial charge >= 0.3 is 0 Å². The average molecular weight is 196 g/mol. The van der Waals surface area contributed by atoms with E-state index in [1.165, 1.54) is 11.6 Å². The van der Waals surface area contributed by atoms with Gasteiger partial charge in [0.2, 0.25) is 0 Å². The molecule has 0 spiro atoms. The van der Waals surface area contributed by atoms with Crippen molar-refractivity contribution in [2.75, 3.05) is 0 Å². The minimum Gasteiger partial charge on any atom is -0.298 e. The molecule has 4 nitrogen and oxygen atoms in total. The number of hydrogen-bond acceptors (Lipinski definition) is 3. The highest BCUT2D eigenvalue weighted by Crippen LogP contribution is 2.03. The van der Waals surface area contributed by atoms with Crippen molar-refractivity contribution in [2.45, 2.75) is 34.2 Å². The first-order valence-corrected chi connectivity index (χ1v) is 4.62. The monoisotopic (exact) mass is 196 g/mol. The maximum Gasteiger partial charge on any atom is 0.168 e. The second kappa shape index (κ2) is 6.07. The molecule has 4 heteroatoms. The summed E-state index contributed by atoms with van der Waals surface area (Å²) in [5.41, 5.74) is 1.27. The largest absolute Gasteiger partial charge is 0.298 e. The maximum atomic E-state index is 10.7. The van der Waals surface area contributed by atoms with E-state index in [1.54, 1.807) is 13.1 Å². The predicted octanol–water partition coefficient (Wildman–Crippen LogP) is 1.62. The van der Waals surface area contributed by atoms with Gasteiger partial charge in [0.25, 0.3) is 0 Å². The number of aldehydes is 1. The second-order valence-electron chi connectivity index (χ2n) is 2.69. The standard InChI is InChI=1S/C8H10N2O2.C2H6/c1-6-3-9-10(4-7(2)12)8(6)5-11;1-2/h3,5H,4H2,1-2H3;1-2H3. The fourth-order valence-corrected chi connectivity index (χ4v) is 0.979. The molecule has 78 valence electrons. The van der Waals surface area contributed by atoms with Crippen molar-refractivity contribution in [2.24, 2.45) is 0 Å². The topological polar surface area (TPSA) is 52.0 Å². The van der Waals surface area contributed by atoms with E-state index in [-0.39, 0.29) is 12.3 Å². The van der Waals surface area contributed by atoms with Crippen LogP contribution in [0, 0.1) is 6.92 Å². The molecule has 0 bridgehead atoms. The highest BCUT2D eigenvalue weighted by molar-refractivity contribution is 5.78. The molecular weight excluding hydrogens is 180 g/mol. The SMILES string of the molecule is CC.CC(=O)Cn1ncc(C)c1C=O. The zero-order valence-electron chi connectivity index (χ0n) is 9.07. The molecule has 1 heterocycles. The highest BCUT2D eigenvalue weighted by atomic mass is 16.1. The van der Waals surface area contributed by atoms with Crippen LogP contribution in [-0.2, 0) is 11.3 Å². The van der Waals surface area contributed by atoms with Crippen LogP contribution in [0.4, 0.5) is 0 Å². The number of Topliss-reactive ketones (excluding diaryl/α,β-unsaturated/α-hetero) is 1. The summed E-state index contributed by atoms with van der Waals surface area (Å²) in [7, 11) is 0. The van der Waals surface area contributed by atoms with Crippen LogP contribution in [0.15, 0.2) is 6.20 Å². The van der Waals surface area contributed by atoms with Crippen LogP contribution in [0.5, 0.6) is 0 Å². The summed E-state index contributed by atoms with van der Waals surface area (Å²) in [6.45, 7) is 7.42. The lowest BCUT2D eigenvalue weighted by Crippen LogP contribution is -2.10. The summed E-state index contributed by atoms with van der Waals surface area (Å²) in [6.07, 6.45) is 2.29. The number of nitrogens with zero attached hydrogens (tertiary/aromatic N) is 2. The molecule has 0 atom stereocenters. The van der Waals surface area contributed by atoms with Crippen LogP contribution >= 0.6 is 0 Å². The molecule has 0 saturated heterocycles. The van der Waals surface area contributed by atoms with Gasteiger partial charge in [-0.3, -0.25) is 14.3 Å². The molecule has 0 aliphatic heterocycles. The van der Waals surface area contributed by atoms with Gasteiger partial charge in [-0.2, -0.15) is 5.10 Å². The number of hydrogen-bond donors (Lipinski definition) is 0. The lowest BCUT2D eigenvalue weighted by molar-refractivity contribution is -0.117. The summed E-state index contributed by atoms with van der Waals surface area (Å²) in [5.74, 6) is -0.0128. The lowest BCUT2D eigenvalue weighted by Gasteiger charge is -1.98. The van der Waals surface area contributed by atoms with Crippen molar-refractivity contribution in [1.82, 2.24) is 9.78 Å². The van der Waals surface area contributed by atoms with Crippen LogP contribution in [0.3, 0.4) is 0 Å². The molecule has 1 aromatic rings. The van der Waals surface area contributed by atoms with Gasteiger partial charge in [0.1, 0.15) is 5.69 Å². The Labute approximate surface area is 83.9 Å². The quantitative estimate of drug-likeness (QED) is 0.690. The number of carbonyl (C=O) groups excluding carboxylic acids is 2. The number of ketones is 1. The van der Waals surface area contributed by atoms with Gasteiger partial charge in [-0.05, 0) is 19.4 Å². The fourth-order valence-electron chi connectivity index (χ4n) is 0.979. The maximum absolute atomic E-state index is 10.7. The van der Waals surface area contributed by atoms with Crippen LogP contribution in [0.2, 0.25) is 0 Å². The molecule has 0 fully saturated rings. The van der Waals surface area contributed by atoms with E-state index in [4.69, 9.17) is 0 Å². The van der Waals surface area contributed by atoms with Crippen molar-refractivity contribution in [1.29, 1.82) is 0 Å². The molecule has 0 saturated carbocycles. The van der Waals surface area contributed by atoms with Gasteiger partial charge < -0.3 is 0 Å². The Hall–Kier alpha value is -1.45. The average Bonchev–Trinajstić information content (AvgIpc) is 2.49. The van der Waals surface area contributed by atoms with E-state index >= 15 is 0 Å². The highest BCUT2D eigenvalue weighted by Gasteiger charge is 2.06. The number of rotatable bonds is 3. The third-order valence-corrected chi connectivity index (χ3v) is 1.56. The molecule has 0 radical (unpaired) electrons. The minimum absolute atomic E-state index is 0.0128. The van der Waals surface area contributed by atoms with Crippen molar-refractivity contribution in [3.05, 3.63) is 17.5 Å². The van der Waals surface area contributed by atoms with Crippen LogP contribution in [-0.4, -0.2) is 21.8 Å². The summed E-state index contributed by atoms with van der Waals surface area (Å²) in [6, 6.07) is 0. The summed E-state index contributed by atoms with van der Waals surface area (Å²) in [4.78, 5) is 21.2. The number of aryl methyl sites for hydroxylation is 1. The molecule has 0 aromatic carbocycles. The van der Waals surface area contributed by atoms with Crippen LogP contribution in [0.25, 0.3) is 0 Å². The molecule has 0 aliphatic carbocycles. The Morgan fingerprint density at radius 1 is 1.57 bits per heavy atom. The number of carbonyl (C=O) groups is 2. The van der Waals surface area contributed by atoms with Crippen LogP contribution in [0.1, 0.15) is 36.8 Å². The van der Waals surface area contributed by atoms with Gasteiger partial charge in [0.15, 0.2) is 12.1 Å². The van der Waals surface area contributed by atoms with Gasteiger partial charge in [-0.1, -0.05) is 13.8 Å². The van der Waals surface area contributed by atoms with Crippen molar-refractivity contribution in [3.63, 3.8) is 0 Å². The lowest BCUT2D eigenvalue weighted by atomic mass is 10.3. The normalized spacial score (nSPS) is 8.86. The molecule has 0 unspecified atom stereocenters. The number of aromatic nitrogens is 2. The van der Waals surface area contributed by atoms with E-state index in [0.29, 0.717) is 12.0 Å². The third-order valence-electron chi connectivity index (χ3n) is 1.56. The molecule has 1 rings (SSSR count). The minimum atomic E-state index is -0.0128. The van der Waals surface area contributed by atoms with Gasteiger partial charge in [-0.25, -0.2) is 0 Å². The third kappa shape index (κ3) is 3.12. The first kappa shape index (κ1) is 12.6. The van der Waals surface area contributed by atoms with E-state index < -0.39 is 0 Å².